The predicted molar refractivity (Wildman–Crippen MR) is 236 cm³/mol. The van der Waals surface area contributed by atoms with Crippen molar-refractivity contribution >= 4 is 27.6 Å². The van der Waals surface area contributed by atoms with E-state index in [-0.39, 0.29) is 31.1 Å². The molecule has 8 atom stereocenters. The lowest BCUT2D eigenvalue weighted by molar-refractivity contribution is -0.160. The number of aliphatic hydroxyl groups excluding tert-OH is 4. The lowest BCUT2D eigenvalue weighted by Crippen LogP contribution is -2.29. The SMILES string of the molecule is CCCCC/C=C\C/C=C\C/C=C\CCCCCCC(=O)O[C@H](COC(=O)C/C=C\C[C@H]1[C@@H](/C=C/[C@H](O)CCCCC)[C@H](O)C[C@@H]1O)COP(=O)(O)OC[C@@H](O)COP(=O)(O)O. The maximum atomic E-state index is 12.7. The highest BCUT2D eigenvalue weighted by molar-refractivity contribution is 7.47. The summed E-state index contributed by atoms with van der Waals surface area (Å²) in [5.41, 5.74) is 0. The minimum absolute atomic E-state index is 0.0373. The second-order valence-electron chi connectivity index (χ2n) is 15.6. The average Bonchev–Trinajstić information content (AvgIpc) is 3.49. The number of hydrogen-bond acceptors (Lipinski definition) is 13. The molecule has 0 spiro atoms. The van der Waals surface area contributed by atoms with Gasteiger partial charge in [-0.3, -0.25) is 23.2 Å². The van der Waals surface area contributed by atoms with E-state index in [4.69, 9.17) is 23.8 Å². The van der Waals surface area contributed by atoms with Gasteiger partial charge in [-0.2, -0.15) is 0 Å². The van der Waals surface area contributed by atoms with Crippen molar-refractivity contribution in [3.63, 3.8) is 0 Å². The van der Waals surface area contributed by atoms with Crippen molar-refractivity contribution in [2.24, 2.45) is 11.8 Å². The van der Waals surface area contributed by atoms with Gasteiger partial charge in [0.2, 0.25) is 0 Å². The van der Waals surface area contributed by atoms with E-state index in [9.17, 15) is 44.0 Å². The van der Waals surface area contributed by atoms with Gasteiger partial charge in [0, 0.05) is 18.8 Å². The summed E-state index contributed by atoms with van der Waals surface area (Å²) in [5, 5.41) is 41.1. The van der Waals surface area contributed by atoms with Crippen LogP contribution < -0.4 is 0 Å². The smallest absolute Gasteiger partial charge is 0.461 e. The van der Waals surface area contributed by atoms with Crippen LogP contribution >= 0.6 is 15.6 Å². The van der Waals surface area contributed by atoms with Gasteiger partial charge in [-0.1, -0.05) is 120 Å². The Labute approximate surface area is 369 Å². The second kappa shape index (κ2) is 35.0. The largest absolute Gasteiger partial charge is 0.472 e. The van der Waals surface area contributed by atoms with Crippen LogP contribution in [-0.2, 0) is 41.8 Å². The van der Waals surface area contributed by atoms with Gasteiger partial charge in [-0.25, -0.2) is 9.13 Å². The number of phosphoric ester groups is 2. The Morgan fingerprint density at radius 3 is 1.94 bits per heavy atom. The molecule has 7 N–H and O–H groups in total. The summed E-state index contributed by atoms with van der Waals surface area (Å²) in [6, 6.07) is 0. The van der Waals surface area contributed by atoms with Crippen LogP contribution in [0.4, 0.5) is 0 Å². The maximum absolute atomic E-state index is 12.7. The van der Waals surface area contributed by atoms with Crippen molar-refractivity contribution < 1.29 is 76.9 Å². The van der Waals surface area contributed by atoms with E-state index in [0.717, 1.165) is 64.2 Å². The number of esters is 2. The zero-order chi connectivity index (χ0) is 46.1. The number of phosphoric acid groups is 2. The first kappa shape index (κ1) is 57.7. The van der Waals surface area contributed by atoms with Gasteiger partial charge in [0.15, 0.2) is 6.10 Å². The van der Waals surface area contributed by atoms with Gasteiger partial charge in [-0.05, 0) is 63.7 Å². The number of allylic oxidation sites excluding steroid dienone is 7. The number of hydrogen-bond donors (Lipinski definition) is 7. The number of unbranched alkanes of at least 4 members (excludes halogenated alkanes) is 9. The Balaban J connectivity index is 2.63. The van der Waals surface area contributed by atoms with Gasteiger partial charge in [0.05, 0.1) is 44.6 Å². The van der Waals surface area contributed by atoms with Gasteiger partial charge < -0.3 is 44.6 Å². The summed E-state index contributed by atoms with van der Waals surface area (Å²) < 4.78 is 47.7. The zero-order valence-corrected chi connectivity index (χ0v) is 38.6. The number of ether oxygens (including phenoxy) is 2. The van der Waals surface area contributed by atoms with E-state index in [1.807, 2.05) is 0 Å². The van der Waals surface area contributed by atoms with Crippen LogP contribution in [0.1, 0.15) is 136 Å². The van der Waals surface area contributed by atoms with Crippen LogP contribution in [0.15, 0.2) is 60.8 Å². The first-order chi connectivity index (χ1) is 29.6. The second-order valence-corrected chi connectivity index (χ2v) is 18.3. The molecule has 1 fully saturated rings. The first-order valence-electron chi connectivity index (χ1n) is 22.2. The standard InChI is InChI=1S/C44H76O16P2/c1-3-5-7-8-9-10-11-12-13-14-15-16-17-18-19-20-22-28-44(50)60-38(35-59-62(54,55)58-33-37(46)32-57-61(51,52)53)34-56-43(49)27-24-23-26-39-40(42(48)31-41(39)47)30-29-36(45)25-21-6-4-2/h9-10,12-13,15-16,23-24,29-30,36-42,45-48H,3-8,11,14,17-22,25-28,31-35H2,1-2H3,(H,54,55)(H2,51,52,53)/b10-9-,13-12-,16-15-,24-23-,30-29+/t36-,37+,38-,39+,40-,41+,42-/m1/s1. The van der Waals surface area contributed by atoms with E-state index >= 15 is 0 Å². The highest BCUT2D eigenvalue weighted by Crippen LogP contribution is 2.44. The number of carbonyl (C=O) groups is 2. The fraction of sp³-hybridized carbons (Fsp3) is 0.727. The Morgan fingerprint density at radius 2 is 1.27 bits per heavy atom. The molecule has 358 valence electrons. The van der Waals surface area contributed by atoms with E-state index in [2.05, 4.69) is 59.4 Å². The molecule has 0 bridgehead atoms. The molecule has 62 heavy (non-hydrogen) atoms. The third kappa shape index (κ3) is 31.5. The molecular formula is C44H76O16P2. The van der Waals surface area contributed by atoms with Crippen molar-refractivity contribution in [1.29, 1.82) is 0 Å². The van der Waals surface area contributed by atoms with Crippen molar-refractivity contribution in [2.45, 2.75) is 166 Å². The molecule has 0 saturated heterocycles. The molecule has 0 radical (unpaired) electrons. The number of carbonyl (C=O) groups excluding carboxylic acids is 2. The van der Waals surface area contributed by atoms with E-state index in [0.29, 0.717) is 19.3 Å². The Morgan fingerprint density at radius 1 is 0.677 bits per heavy atom. The van der Waals surface area contributed by atoms with E-state index in [1.165, 1.54) is 25.3 Å². The molecule has 1 aliphatic carbocycles. The number of rotatable bonds is 37. The monoisotopic (exact) mass is 922 g/mol. The Kier molecular flexibility index (Phi) is 32.6. The number of aliphatic hydroxyl groups is 4. The lowest BCUT2D eigenvalue weighted by atomic mass is 9.89. The summed E-state index contributed by atoms with van der Waals surface area (Å²) in [6.07, 6.45) is 29.1. The van der Waals surface area contributed by atoms with Crippen LogP contribution in [0.25, 0.3) is 0 Å². The molecule has 0 heterocycles. The third-order valence-corrected chi connectivity index (χ3v) is 11.4. The van der Waals surface area contributed by atoms with Crippen LogP contribution in [0.3, 0.4) is 0 Å². The van der Waals surface area contributed by atoms with Crippen molar-refractivity contribution in [2.75, 3.05) is 26.4 Å². The average molecular weight is 923 g/mol. The molecule has 1 aliphatic rings. The summed E-state index contributed by atoms with van der Waals surface area (Å²) in [6.45, 7) is 1.22. The van der Waals surface area contributed by atoms with Crippen LogP contribution in [0, 0.1) is 11.8 Å². The summed E-state index contributed by atoms with van der Waals surface area (Å²) in [5.74, 6) is -2.07. The highest BCUT2D eigenvalue weighted by Gasteiger charge is 2.39. The van der Waals surface area contributed by atoms with Crippen molar-refractivity contribution in [3.8, 4) is 0 Å². The van der Waals surface area contributed by atoms with Gasteiger partial charge in [0.25, 0.3) is 0 Å². The van der Waals surface area contributed by atoms with Crippen molar-refractivity contribution in [1.82, 2.24) is 0 Å². The summed E-state index contributed by atoms with van der Waals surface area (Å²) in [4.78, 5) is 53.0. The fourth-order valence-corrected chi connectivity index (χ4v) is 7.66. The molecule has 1 unspecified atom stereocenters. The lowest BCUT2D eigenvalue weighted by Gasteiger charge is -2.20. The van der Waals surface area contributed by atoms with E-state index < -0.39 is 84.5 Å². The summed E-state index contributed by atoms with van der Waals surface area (Å²) >= 11 is 0. The molecule has 1 saturated carbocycles. The molecule has 0 aromatic rings. The van der Waals surface area contributed by atoms with Crippen LogP contribution in [0.2, 0.25) is 0 Å². The molecular weight excluding hydrogens is 846 g/mol. The highest BCUT2D eigenvalue weighted by atomic mass is 31.2. The maximum Gasteiger partial charge on any atom is 0.472 e. The van der Waals surface area contributed by atoms with Crippen molar-refractivity contribution in [3.05, 3.63) is 60.8 Å². The normalized spacial score (nSPS) is 21.1. The molecule has 0 amide bonds. The molecule has 1 rings (SSSR count). The summed E-state index contributed by atoms with van der Waals surface area (Å²) in [7, 11) is -9.80. The topological polar surface area (TPSA) is 256 Å². The molecule has 18 heteroatoms. The van der Waals surface area contributed by atoms with Gasteiger partial charge in [-0.15, -0.1) is 0 Å². The van der Waals surface area contributed by atoms with Gasteiger partial charge in [0.1, 0.15) is 12.7 Å². The Bertz CT molecular complexity index is 1440. The third-order valence-electron chi connectivity index (χ3n) is 9.97. The zero-order valence-electron chi connectivity index (χ0n) is 36.8. The molecule has 0 aromatic heterocycles. The first-order valence-corrected chi connectivity index (χ1v) is 25.3. The molecule has 16 nitrogen and oxygen atoms in total. The fourth-order valence-electron chi connectivity index (χ4n) is 6.50. The predicted octanol–water partition coefficient (Wildman–Crippen LogP) is 7.61. The van der Waals surface area contributed by atoms with E-state index in [1.54, 1.807) is 18.2 Å². The van der Waals surface area contributed by atoms with Crippen LogP contribution in [0.5, 0.6) is 0 Å². The quantitative estimate of drug-likeness (QED) is 0.0137. The molecule has 0 aliphatic heterocycles. The van der Waals surface area contributed by atoms with Gasteiger partial charge >= 0.3 is 27.6 Å². The van der Waals surface area contributed by atoms with Crippen LogP contribution in [-0.4, -0.2) is 104 Å². The Hall–Kier alpha value is -2.30. The minimum atomic E-state index is -4.91. The minimum Gasteiger partial charge on any atom is -0.461 e. The molecule has 0 aromatic carbocycles.